The first-order valence-corrected chi connectivity index (χ1v) is 7.40. The van der Waals surface area contributed by atoms with Gasteiger partial charge in [0.2, 0.25) is 0 Å². The van der Waals surface area contributed by atoms with Crippen molar-refractivity contribution in [1.29, 1.82) is 0 Å². The zero-order valence-corrected chi connectivity index (χ0v) is 12.2. The van der Waals surface area contributed by atoms with E-state index in [-0.39, 0.29) is 5.41 Å². The summed E-state index contributed by atoms with van der Waals surface area (Å²) in [6.07, 6.45) is 1.52. The van der Waals surface area contributed by atoms with Crippen molar-refractivity contribution in [3.63, 3.8) is 0 Å². The van der Waals surface area contributed by atoms with E-state index in [4.69, 9.17) is 0 Å². The van der Waals surface area contributed by atoms with Crippen molar-refractivity contribution in [2.45, 2.75) is 52.1 Å². The molecule has 0 spiro atoms. The van der Waals surface area contributed by atoms with Gasteiger partial charge in [0.1, 0.15) is 0 Å². The van der Waals surface area contributed by atoms with Crippen LogP contribution in [0.1, 0.15) is 46.0 Å². The van der Waals surface area contributed by atoms with Gasteiger partial charge in [0.15, 0.2) is 0 Å². The van der Waals surface area contributed by atoms with Gasteiger partial charge >= 0.3 is 6.18 Å². The molecule has 0 unspecified atom stereocenters. The summed E-state index contributed by atoms with van der Waals surface area (Å²) in [5, 5.41) is 3.34. The Balaban J connectivity index is 2.63. The van der Waals surface area contributed by atoms with Crippen molar-refractivity contribution >= 4 is 0 Å². The predicted molar refractivity (Wildman–Crippen MR) is 72.2 cm³/mol. The van der Waals surface area contributed by atoms with Crippen molar-refractivity contribution in [1.82, 2.24) is 10.2 Å². The smallest absolute Gasteiger partial charge is 0.316 e. The van der Waals surface area contributed by atoms with E-state index in [1.54, 1.807) is 4.90 Å². The van der Waals surface area contributed by atoms with Crippen LogP contribution in [0.2, 0.25) is 0 Å². The highest BCUT2D eigenvalue weighted by Gasteiger charge is 2.37. The fraction of sp³-hybridized carbons (Fsp3) is 1.00. The molecule has 0 amide bonds. The van der Waals surface area contributed by atoms with Gasteiger partial charge in [-0.3, -0.25) is 4.90 Å². The normalized spacial score (nSPS) is 19.9. The van der Waals surface area contributed by atoms with Crippen LogP contribution in [0.4, 0.5) is 13.2 Å². The second kappa shape index (κ2) is 7.48. The van der Waals surface area contributed by atoms with E-state index in [0.717, 1.165) is 38.8 Å². The molecule has 0 aromatic heterocycles. The maximum atomic E-state index is 12.6. The van der Waals surface area contributed by atoms with Crippen LogP contribution in [0.15, 0.2) is 0 Å². The van der Waals surface area contributed by atoms with Crippen LogP contribution in [0.5, 0.6) is 0 Å². The Morgan fingerprint density at radius 2 is 1.74 bits per heavy atom. The number of alkyl halides is 3. The Morgan fingerprint density at radius 1 is 1.11 bits per heavy atom. The van der Waals surface area contributed by atoms with Crippen molar-refractivity contribution < 1.29 is 13.2 Å². The van der Waals surface area contributed by atoms with Gasteiger partial charge in [0.05, 0.1) is 6.54 Å². The number of hydrogen-bond acceptors (Lipinski definition) is 2. The molecule has 0 heterocycles. The predicted octanol–water partition coefficient (Wildman–Crippen LogP) is 3.43. The van der Waals surface area contributed by atoms with E-state index in [0.29, 0.717) is 13.1 Å². The molecule has 0 aromatic rings. The third kappa shape index (κ3) is 6.13. The lowest BCUT2D eigenvalue weighted by atomic mass is 9.73. The van der Waals surface area contributed by atoms with Crippen LogP contribution in [0.3, 0.4) is 0 Å². The Bertz CT molecular complexity index is 248. The molecule has 1 saturated carbocycles. The Kier molecular flexibility index (Phi) is 6.60. The molecule has 0 aliphatic heterocycles. The number of nitrogens with zero attached hydrogens (tertiary/aromatic N) is 1. The Morgan fingerprint density at radius 3 is 2.21 bits per heavy atom. The summed E-state index contributed by atoms with van der Waals surface area (Å²) in [6.45, 7) is 5.84. The first-order chi connectivity index (χ1) is 8.91. The number of hydrogen-bond donors (Lipinski definition) is 1. The summed E-state index contributed by atoms with van der Waals surface area (Å²) in [4.78, 5) is 1.56. The molecule has 1 rings (SSSR count). The van der Waals surface area contributed by atoms with E-state index in [1.807, 2.05) is 13.8 Å². The Hall–Kier alpha value is -0.290. The third-order valence-corrected chi connectivity index (χ3v) is 4.07. The first kappa shape index (κ1) is 16.8. The van der Waals surface area contributed by atoms with Crippen LogP contribution < -0.4 is 5.32 Å². The van der Waals surface area contributed by atoms with Gasteiger partial charge in [-0.2, -0.15) is 13.2 Å². The average molecular weight is 280 g/mol. The van der Waals surface area contributed by atoms with Gasteiger partial charge < -0.3 is 5.32 Å². The van der Waals surface area contributed by atoms with E-state index >= 15 is 0 Å². The molecule has 1 aliphatic carbocycles. The molecule has 0 bridgehead atoms. The third-order valence-electron chi connectivity index (χ3n) is 4.07. The molecular weight excluding hydrogens is 253 g/mol. The number of nitrogens with one attached hydrogen (secondary N) is 1. The lowest BCUT2D eigenvalue weighted by molar-refractivity contribution is -0.149. The van der Waals surface area contributed by atoms with Crippen molar-refractivity contribution in [2.75, 3.05) is 32.7 Å². The average Bonchev–Trinajstić information content (AvgIpc) is 2.35. The van der Waals surface area contributed by atoms with Crippen LogP contribution in [-0.2, 0) is 0 Å². The fourth-order valence-corrected chi connectivity index (χ4v) is 3.09. The molecule has 114 valence electrons. The monoisotopic (exact) mass is 280 g/mol. The molecule has 0 atom stereocenters. The maximum absolute atomic E-state index is 12.6. The second-order valence-electron chi connectivity index (χ2n) is 5.76. The van der Waals surface area contributed by atoms with Crippen LogP contribution in [-0.4, -0.2) is 43.8 Å². The second-order valence-corrected chi connectivity index (χ2v) is 5.76. The molecule has 0 saturated heterocycles. The van der Waals surface area contributed by atoms with E-state index in [9.17, 15) is 13.2 Å². The van der Waals surface area contributed by atoms with Crippen molar-refractivity contribution in [3.05, 3.63) is 0 Å². The van der Waals surface area contributed by atoms with Gasteiger partial charge in [-0.25, -0.2) is 0 Å². The quantitative estimate of drug-likeness (QED) is 0.768. The standard InChI is InChI=1S/C14H27F3N2/c1-3-18-10-13(8-6-5-7-9-13)11-19(4-2)12-14(15,16)17/h18H,3-12H2,1-2H3. The van der Waals surface area contributed by atoms with E-state index in [2.05, 4.69) is 5.32 Å². The van der Waals surface area contributed by atoms with Crippen LogP contribution >= 0.6 is 0 Å². The number of halogens is 3. The summed E-state index contributed by atoms with van der Waals surface area (Å²) in [7, 11) is 0. The molecule has 1 aliphatic rings. The molecule has 0 aromatic carbocycles. The highest BCUT2D eigenvalue weighted by molar-refractivity contribution is 4.88. The van der Waals surface area contributed by atoms with E-state index in [1.165, 1.54) is 6.42 Å². The summed E-state index contributed by atoms with van der Waals surface area (Å²) in [5.74, 6) is 0. The zero-order chi connectivity index (χ0) is 14.4. The number of rotatable bonds is 7. The van der Waals surface area contributed by atoms with Gasteiger partial charge in [0, 0.05) is 13.1 Å². The maximum Gasteiger partial charge on any atom is 0.401 e. The molecule has 5 heteroatoms. The SMILES string of the molecule is CCNCC1(CN(CC)CC(F)(F)F)CCCCC1. The molecule has 1 fully saturated rings. The summed E-state index contributed by atoms with van der Waals surface area (Å²) in [6, 6.07) is 0. The fourth-order valence-electron chi connectivity index (χ4n) is 3.09. The van der Waals surface area contributed by atoms with Gasteiger partial charge in [-0.1, -0.05) is 33.1 Å². The van der Waals surface area contributed by atoms with Gasteiger partial charge in [0.25, 0.3) is 0 Å². The van der Waals surface area contributed by atoms with Crippen molar-refractivity contribution in [3.8, 4) is 0 Å². The first-order valence-electron chi connectivity index (χ1n) is 7.40. The molecule has 19 heavy (non-hydrogen) atoms. The van der Waals surface area contributed by atoms with E-state index < -0.39 is 12.7 Å². The molecule has 0 radical (unpaired) electrons. The molecule has 2 nitrogen and oxygen atoms in total. The largest absolute Gasteiger partial charge is 0.401 e. The zero-order valence-electron chi connectivity index (χ0n) is 12.2. The highest BCUT2D eigenvalue weighted by Crippen LogP contribution is 2.37. The summed E-state index contributed by atoms with van der Waals surface area (Å²) < 4.78 is 37.7. The van der Waals surface area contributed by atoms with Crippen LogP contribution in [0, 0.1) is 5.41 Å². The molecule has 1 N–H and O–H groups in total. The summed E-state index contributed by atoms with van der Waals surface area (Å²) in [5.41, 5.74) is 0.0372. The van der Waals surface area contributed by atoms with Crippen LogP contribution in [0.25, 0.3) is 0 Å². The topological polar surface area (TPSA) is 15.3 Å². The Labute approximate surface area is 114 Å². The van der Waals surface area contributed by atoms with Gasteiger partial charge in [-0.05, 0) is 31.3 Å². The lowest BCUT2D eigenvalue weighted by Crippen LogP contribution is -2.47. The minimum atomic E-state index is -4.09. The van der Waals surface area contributed by atoms with Gasteiger partial charge in [-0.15, -0.1) is 0 Å². The minimum absolute atomic E-state index is 0.0372. The van der Waals surface area contributed by atoms with Crippen molar-refractivity contribution in [2.24, 2.45) is 5.41 Å². The minimum Gasteiger partial charge on any atom is -0.316 e. The highest BCUT2D eigenvalue weighted by atomic mass is 19.4. The lowest BCUT2D eigenvalue weighted by Gasteiger charge is -2.41. The molecular formula is C14H27F3N2. The summed E-state index contributed by atoms with van der Waals surface area (Å²) >= 11 is 0.